The Hall–Kier alpha value is -1.82. The molecule has 0 unspecified atom stereocenters. The van der Waals surface area contributed by atoms with Crippen molar-refractivity contribution in [2.24, 2.45) is 0 Å². The molecule has 2 N–H and O–H groups in total. The molecule has 18 heavy (non-hydrogen) atoms. The Morgan fingerprint density at radius 1 is 1.17 bits per heavy atom. The second-order valence-corrected chi connectivity index (χ2v) is 6.54. The van der Waals surface area contributed by atoms with E-state index in [1.165, 1.54) is 0 Å². The summed E-state index contributed by atoms with van der Waals surface area (Å²) in [5, 5.41) is 3.69. The summed E-state index contributed by atoms with van der Waals surface area (Å²) in [5.74, 6) is 0. The van der Waals surface area contributed by atoms with Crippen LogP contribution in [0.5, 0.6) is 0 Å². The number of hydrogen-bond acceptors (Lipinski definition) is 4. The zero-order valence-corrected chi connectivity index (χ0v) is 10.5. The molecule has 0 bridgehead atoms. The molecule has 0 aliphatic heterocycles. The van der Waals surface area contributed by atoms with Gasteiger partial charge in [-0.05, 0) is 30.5 Å². The number of aromatic nitrogens is 2. The van der Waals surface area contributed by atoms with Crippen LogP contribution in [-0.2, 0) is 10.0 Å². The number of hydrogen-bond donors (Lipinski definition) is 1. The fourth-order valence-corrected chi connectivity index (χ4v) is 3.26. The molecule has 3 rings (SSSR count). The molecule has 0 atom stereocenters. The quantitative estimate of drug-likeness (QED) is 0.851. The number of rotatable bonds is 3. The van der Waals surface area contributed by atoms with Gasteiger partial charge in [0.05, 0.1) is 17.6 Å². The lowest BCUT2D eigenvalue weighted by Gasteiger charge is -2.01. The van der Waals surface area contributed by atoms with Crippen molar-refractivity contribution in [2.75, 3.05) is 5.73 Å². The first-order valence-corrected chi connectivity index (χ1v) is 7.23. The van der Waals surface area contributed by atoms with E-state index in [-0.39, 0.29) is 5.25 Å². The van der Waals surface area contributed by atoms with Crippen molar-refractivity contribution in [1.82, 2.24) is 9.19 Å². The summed E-state index contributed by atoms with van der Waals surface area (Å²) in [7, 11) is -3.28. The summed E-state index contributed by atoms with van der Waals surface area (Å²) in [6.07, 6.45) is 4.59. The number of nitrogens with two attached hydrogens (primary N) is 1. The van der Waals surface area contributed by atoms with Gasteiger partial charge < -0.3 is 5.73 Å². The second-order valence-electron chi connectivity index (χ2n) is 4.47. The van der Waals surface area contributed by atoms with Gasteiger partial charge in [-0.3, -0.25) is 0 Å². The Morgan fingerprint density at radius 2 is 1.83 bits per heavy atom. The van der Waals surface area contributed by atoms with Crippen LogP contribution in [0.2, 0.25) is 0 Å². The smallest absolute Gasteiger partial charge is 0.256 e. The maximum Gasteiger partial charge on any atom is 0.256 e. The summed E-state index contributed by atoms with van der Waals surface area (Å²) >= 11 is 0. The highest BCUT2D eigenvalue weighted by Gasteiger charge is 2.37. The predicted octanol–water partition coefficient (Wildman–Crippen LogP) is 1.47. The second kappa shape index (κ2) is 3.84. The molecule has 6 heteroatoms. The van der Waals surface area contributed by atoms with Crippen LogP contribution < -0.4 is 5.73 Å². The number of nitrogen functional groups attached to an aromatic ring is 1. The Balaban J connectivity index is 1.96. The van der Waals surface area contributed by atoms with Crippen LogP contribution >= 0.6 is 0 Å². The number of anilines is 1. The first-order valence-electron chi connectivity index (χ1n) is 5.72. The fourth-order valence-electron chi connectivity index (χ4n) is 1.79. The zero-order chi connectivity index (χ0) is 12.8. The minimum Gasteiger partial charge on any atom is -0.399 e. The van der Waals surface area contributed by atoms with Crippen molar-refractivity contribution < 1.29 is 8.42 Å². The van der Waals surface area contributed by atoms with Gasteiger partial charge in [-0.2, -0.15) is 9.19 Å². The summed E-state index contributed by atoms with van der Waals surface area (Å²) in [6, 6.07) is 7.25. The lowest BCUT2D eigenvalue weighted by Crippen LogP contribution is -2.17. The topological polar surface area (TPSA) is 78.0 Å². The van der Waals surface area contributed by atoms with Crippen LogP contribution in [0, 0.1) is 0 Å². The normalized spacial score (nSPS) is 15.8. The van der Waals surface area contributed by atoms with Crippen molar-refractivity contribution in [3.05, 3.63) is 36.7 Å². The molecule has 0 saturated heterocycles. The number of nitrogens with zero attached hydrogens (tertiary/aromatic N) is 2. The van der Waals surface area contributed by atoms with Gasteiger partial charge in [-0.25, -0.2) is 8.42 Å². The van der Waals surface area contributed by atoms with E-state index in [1.54, 1.807) is 24.5 Å². The summed E-state index contributed by atoms with van der Waals surface area (Å²) in [6.45, 7) is 0. The Morgan fingerprint density at radius 3 is 2.44 bits per heavy atom. The molecule has 1 aromatic heterocycles. The van der Waals surface area contributed by atoms with E-state index in [4.69, 9.17) is 5.73 Å². The molecule has 94 valence electrons. The van der Waals surface area contributed by atoms with Gasteiger partial charge in [0.1, 0.15) is 0 Å². The van der Waals surface area contributed by atoms with Crippen LogP contribution in [0.25, 0.3) is 11.1 Å². The maximum absolute atomic E-state index is 12.0. The highest BCUT2D eigenvalue weighted by atomic mass is 32.2. The standard InChI is InChI=1S/C12H13N3O2S/c13-11-3-1-9(2-4-11)10-7-14-15(8-10)18(16,17)12-5-6-12/h1-4,7-8,12H,5-6,13H2. The molecular formula is C12H13N3O2S. The molecule has 0 spiro atoms. The summed E-state index contributed by atoms with van der Waals surface area (Å²) in [5.41, 5.74) is 7.97. The highest BCUT2D eigenvalue weighted by Crippen LogP contribution is 2.30. The Bertz CT molecular complexity index is 670. The molecule has 0 radical (unpaired) electrons. The highest BCUT2D eigenvalue weighted by molar-refractivity contribution is 7.90. The Kier molecular flexibility index (Phi) is 2.41. The molecule has 1 aliphatic carbocycles. The molecule has 2 aromatic rings. The van der Waals surface area contributed by atoms with Gasteiger partial charge in [0.2, 0.25) is 0 Å². The van der Waals surface area contributed by atoms with Gasteiger partial charge in [0, 0.05) is 11.3 Å². The fraction of sp³-hybridized carbons (Fsp3) is 0.250. The third kappa shape index (κ3) is 1.88. The maximum atomic E-state index is 12.0. The SMILES string of the molecule is Nc1ccc(-c2cnn(S(=O)(=O)C3CC3)c2)cc1. The van der Waals surface area contributed by atoms with Crippen molar-refractivity contribution >= 4 is 15.7 Å². The van der Waals surface area contributed by atoms with Crippen LogP contribution in [0.15, 0.2) is 36.7 Å². The van der Waals surface area contributed by atoms with Crippen LogP contribution in [-0.4, -0.2) is 22.9 Å². The summed E-state index contributed by atoms with van der Waals surface area (Å²) < 4.78 is 25.0. The van der Waals surface area contributed by atoms with Crippen LogP contribution in [0.1, 0.15) is 12.8 Å². The molecule has 0 amide bonds. The molecular weight excluding hydrogens is 250 g/mol. The summed E-state index contributed by atoms with van der Waals surface area (Å²) in [4.78, 5) is 0. The molecule has 1 fully saturated rings. The molecule has 1 heterocycles. The van der Waals surface area contributed by atoms with E-state index in [0.717, 1.165) is 28.1 Å². The third-order valence-electron chi connectivity index (χ3n) is 3.01. The van der Waals surface area contributed by atoms with Crippen molar-refractivity contribution in [1.29, 1.82) is 0 Å². The Labute approximate surface area is 105 Å². The lowest BCUT2D eigenvalue weighted by atomic mass is 10.1. The first-order chi connectivity index (χ1) is 8.57. The van der Waals surface area contributed by atoms with E-state index in [0.29, 0.717) is 5.69 Å². The van der Waals surface area contributed by atoms with Gasteiger partial charge >= 0.3 is 0 Å². The van der Waals surface area contributed by atoms with E-state index >= 15 is 0 Å². The predicted molar refractivity (Wildman–Crippen MR) is 69.4 cm³/mol. The monoisotopic (exact) mass is 263 g/mol. The van der Waals surface area contributed by atoms with Gasteiger partial charge in [-0.1, -0.05) is 12.1 Å². The van der Waals surface area contributed by atoms with E-state index in [2.05, 4.69) is 5.10 Å². The molecule has 5 nitrogen and oxygen atoms in total. The molecule has 1 saturated carbocycles. The molecule has 1 aromatic carbocycles. The van der Waals surface area contributed by atoms with E-state index in [1.807, 2.05) is 12.1 Å². The van der Waals surface area contributed by atoms with Gasteiger partial charge in [0.25, 0.3) is 10.0 Å². The minimum atomic E-state index is -3.28. The lowest BCUT2D eigenvalue weighted by molar-refractivity contribution is 0.578. The van der Waals surface area contributed by atoms with Crippen molar-refractivity contribution in [3.63, 3.8) is 0 Å². The van der Waals surface area contributed by atoms with Crippen LogP contribution in [0.4, 0.5) is 5.69 Å². The van der Waals surface area contributed by atoms with E-state index in [9.17, 15) is 8.42 Å². The van der Waals surface area contributed by atoms with Crippen LogP contribution in [0.3, 0.4) is 0 Å². The number of benzene rings is 1. The largest absolute Gasteiger partial charge is 0.399 e. The first kappa shape index (κ1) is 11.3. The minimum absolute atomic E-state index is 0.253. The average molecular weight is 263 g/mol. The third-order valence-corrected chi connectivity index (χ3v) is 5.05. The van der Waals surface area contributed by atoms with Crippen molar-refractivity contribution in [2.45, 2.75) is 18.1 Å². The molecule has 1 aliphatic rings. The zero-order valence-electron chi connectivity index (χ0n) is 9.65. The average Bonchev–Trinajstić information content (AvgIpc) is 3.09. The van der Waals surface area contributed by atoms with Gasteiger partial charge in [0.15, 0.2) is 0 Å². The van der Waals surface area contributed by atoms with E-state index < -0.39 is 10.0 Å². The van der Waals surface area contributed by atoms with Gasteiger partial charge in [-0.15, -0.1) is 0 Å². The van der Waals surface area contributed by atoms with Crippen molar-refractivity contribution in [3.8, 4) is 11.1 Å².